The molecule has 0 unspecified atom stereocenters. The molecule has 1 saturated heterocycles. The van der Waals surface area contributed by atoms with Gasteiger partial charge >= 0.3 is 0 Å². The molecule has 1 aliphatic heterocycles. The lowest BCUT2D eigenvalue weighted by Crippen LogP contribution is -2.29. The van der Waals surface area contributed by atoms with Crippen LogP contribution >= 0.6 is 24.0 Å². The molecule has 2 atom stereocenters. The lowest BCUT2D eigenvalue weighted by atomic mass is 10.0. The molecule has 1 aliphatic rings. The van der Waals surface area contributed by atoms with Gasteiger partial charge in [0.15, 0.2) is 10.2 Å². The number of hydrogen-bond acceptors (Lipinski definition) is 5. The van der Waals surface area contributed by atoms with Gasteiger partial charge in [-0.15, -0.1) is 0 Å². The SMILES string of the molecule is Cc1ccc(Sc2ccc([C@@H]3[C@@H](c4ccccn4)NC(=S)N3c3ccc(O)cc3)o2)cc1. The van der Waals surface area contributed by atoms with Gasteiger partial charge < -0.3 is 19.7 Å². The summed E-state index contributed by atoms with van der Waals surface area (Å²) in [5.41, 5.74) is 2.97. The van der Waals surface area contributed by atoms with Crippen LogP contribution in [0, 0.1) is 6.92 Å². The van der Waals surface area contributed by atoms with Crippen molar-refractivity contribution in [3.8, 4) is 5.75 Å². The number of pyridine rings is 1. The Labute approximate surface area is 196 Å². The second-order valence-electron chi connectivity index (χ2n) is 7.58. The van der Waals surface area contributed by atoms with Crippen LogP contribution in [0.3, 0.4) is 0 Å². The first-order valence-corrected chi connectivity index (χ1v) is 11.4. The maximum Gasteiger partial charge on any atom is 0.174 e. The fourth-order valence-corrected chi connectivity index (χ4v) is 4.93. The number of thiocarbonyl (C=S) groups is 1. The van der Waals surface area contributed by atoms with Crippen LogP contribution in [0.5, 0.6) is 5.75 Å². The van der Waals surface area contributed by atoms with Crippen LogP contribution in [-0.4, -0.2) is 15.2 Å². The minimum atomic E-state index is -0.227. The molecule has 0 saturated carbocycles. The minimum absolute atomic E-state index is 0.180. The quantitative estimate of drug-likeness (QED) is 0.354. The van der Waals surface area contributed by atoms with E-state index in [1.807, 2.05) is 47.4 Å². The fourth-order valence-electron chi connectivity index (χ4n) is 3.81. The van der Waals surface area contributed by atoms with Crippen molar-refractivity contribution in [2.45, 2.75) is 29.0 Å². The van der Waals surface area contributed by atoms with E-state index < -0.39 is 0 Å². The summed E-state index contributed by atoms with van der Waals surface area (Å²) in [6.45, 7) is 2.07. The largest absolute Gasteiger partial charge is 0.508 e. The van der Waals surface area contributed by atoms with Gasteiger partial charge in [0.25, 0.3) is 0 Å². The third kappa shape index (κ3) is 4.09. The van der Waals surface area contributed by atoms with Gasteiger partial charge in [-0.05, 0) is 79.8 Å². The summed E-state index contributed by atoms with van der Waals surface area (Å²) >= 11 is 7.30. The van der Waals surface area contributed by atoms with Crippen molar-refractivity contribution < 1.29 is 9.52 Å². The van der Waals surface area contributed by atoms with Gasteiger partial charge in [0.2, 0.25) is 0 Å². The predicted molar refractivity (Wildman–Crippen MR) is 130 cm³/mol. The van der Waals surface area contributed by atoms with E-state index in [1.165, 1.54) is 5.56 Å². The standard InChI is InChI=1S/C25H21N3O2S2/c1-16-5-11-19(12-6-16)32-22-14-13-21(30-22)24-23(20-4-2-3-15-26-20)27-25(31)28(24)17-7-9-18(29)10-8-17/h2-15,23-24,29H,1H3,(H,27,31)/t23-,24-/m1/s1. The van der Waals surface area contributed by atoms with Crippen molar-refractivity contribution in [2.75, 3.05) is 4.90 Å². The van der Waals surface area contributed by atoms with E-state index in [4.69, 9.17) is 16.6 Å². The summed E-state index contributed by atoms with van der Waals surface area (Å²) in [6.07, 6.45) is 1.78. The molecule has 2 aromatic carbocycles. The molecule has 0 aliphatic carbocycles. The number of aryl methyl sites for hydroxylation is 1. The Morgan fingerprint density at radius 2 is 1.78 bits per heavy atom. The second kappa shape index (κ2) is 8.68. The average molecular weight is 460 g/mol. The molecule has 0 amide bonds. The van der Waals surface area contributed by atoms with E-state index in [-0.39, 0.29) is 17.8 Å². The van der Waals surface area contributed by atoms with Gasteiger partial charge in [0, 0.05) is 16.8 Å². The van der Waals surface area contributed by atoms with Gasteiger partial charge in [-0.2, -0.15) is 0 Å². The van der Waals surface area contributed by atoms with E-state index in [1.54, 1.807) is 30.1 Å². The Morgan fingerprint density at radius 1 is 1.00 bits per heavy atom. The number of rotatable bonds is 5. The number of phenols is 1. The Morgan fingerprint density at radius 3 is 2.50 bits per heavy atom. The lowest BCUT2D eigenvalue weighted by molar-refractivity contribution is 0.383. The summed E-state index contributed by atoms with van der Waals surface area (Å²) in [6, 6.07) is 24.8. The molecule has 4 aromatic rings. The first kappa shape index (κ1) is 20.6. The van der Waals surface area contributed by atoms with Crippen LogP contribution in [0.15, 0.2) is 99.5 Å². The van der Waals surface area contributed by atoms with E-state index in [0.717, 1.165) is 27.1 Å². The normalized spacial score (nSPS) is 18.0. The van der Waals surface area contributed by atoms with Crippen LogP contribution in [0.25, 0.3) is 0 Å². The minimum Gasteiger partial charge on any atom is -0.508 e. The van der Waals surface area contributed by atoms with Crippen molar-refractivity contribution in [1.29, 1.82) is 0 Å². The highest BCUT2D eigenvalue weighted by molar-refractivity contribution is 7.99. The van der Waals surface area contributed by atoms with Crippen LogP contribution < -0.4 is 10.2 Å². The van der Waals surface area contributed by atoms with Crippen molar-refractivity contribution in [2.24, 2.45) is 0 Å². The second-order valence-corrected chi connectivity index (χ2v) is 9.05. The predicted octanol–water partition coefficient (Wildman–Crippen LogP) is 6.02. The monoisotopic (exact) mass is 459 g/mol. The van der Waals surface area contributed by atoms with E-state index >= 15 is 0 Å². The van der Waals surface area contributed by atoms with Crippen LogP contribution in [0.4, 0.5) is 5.69 Å². The number of anilines is 1. The molecule has 5 nitrogen and oxygen atoms in total. The highest BCUT2D eigenvalue weighted by Gasteiger charge is 2.42. The van der Waals surface area contributed by atoms with Crippen molar-refractivity contribution in [3.63, 3.8) is 0 Å². The van der Waals surface area contributed by atoms with Gasteiger partial charge in [-0.25, -0.2) is 0 Å². The molecule has 0 bridgehead atoms. The highest BCUT2D eigenvalue weighted by atomic mass is 32.2. The van der Waals surface area contributed by atoms with Crippen LogP contribution in [0.1, 0.15) is 29.1 Å². The molecular weight excluding hydrogens is 438 g/mol. The average Bonchev–Trinajstić information content (AvgIpc) is 3.40. The first-order chi connectivity index (χ1) is 15.6. The fraction of sp³-hybridized carbons (Fsp3) is 0.120. The smallest absolute Gasteiger partial charge is 0.174 e. The third-order valence-electron chi connectivity index (χ3n) is 5.36. The maximum atomic E-state index is 9.74. The van der Waals surface area contributed by atoms with Crippen LogP contribution in [-0.2, 0) is 0 Å². The number of phenolic OH excluding ortho intramolecular Hbond substituents is 1. The number of hydrogen-bond donors (Lipinski definition) is 2. The van der Waals surface area contributed by atoms with E-state index in [9.17, 15) is 5.11 Å². The van der Waals surface area contributed by atoms with Gasteiger partial charge in [0.05, 0.1) is 11.7 Å². The summed E-state index contributed by atoms with van der Waals surface area (Å²) in [5.74, 6) is 0.995. The molecule has 5 rings (SSSR count). The number of furan rings is 1. The van der Waals surface area contributed by atoms with E-state index in [0.29, 0.717) is 5.11 Å². The van der Waals surface area contributed by atoms with Gasteiger partial charge in [-0.3, -0.25) is 4.98 Å². The summed E-state index contributed by atoms with van der Waals surface area (Å²) in [7, 11) is 0. The van der Waals surface area contributed by atoms with Crippen LogP contribution in [0.2, 0.25) is 0 Å². The van der Waals surface area contributed by atoms with Crippen molar-refractivity contribution in [3.05, 3.63) is 102 Å². The highest BCUT2D eigenvalue weighted by Crippen LogP contribution is 2.43. The topological polar surface area (TPSA) is 61.5 Å². The Kier molecular flexibility index (Phi) is 5.59. The van der Waals surface area contributed by atoms with Crippen molar-refractivity contribution in [1.82, 2.24) is 10.3 Å². The van der Waals surface area contributed by atoms with Crippen molar-refractivity contribution >= 4 is 34.8 Å². The molecule has 2 aromatic heterocycles. The molecule has 160 valence electrons. The molecule has 3 heterocycles. The molecular formula is C25H21N3O2S2. The Hall–Kier alpha value is -3.29. The zero-order valence-electron chi connectivity index (χ0n) is 17.3. The zero-order valence-corrected chi connectivity index (χ0v) is 18.9. The molecule has 1 fully saturated rings. The van der Waals surface area contributed by atoms with E-state index in [2.05, 4.69) is 41.5 Å². The third-order valence-corrected chi connectivity index (χ3v) is 6.60. The van der Waals surface area contributed by atoms with Gasteiger partial charge in [0.1, 0.15) is 17.6 Å². The lowest BCUT2D eigenvalue weighted by Gasteiger charge is -2.26. The maximum absolute atomic E-state index is 9.74. The number of nitrogens with one attached hydrogen (secondary N) is 1. The molecule has 7 heteroatoms. The summed E-state index contributed by atoms with van der Waals surface area (Å²) in [4.78, 5) is 7.70. The molecule has 32 heavy (non-hydrogen) atoms. The first-order valence-electron chi connectivity index (χ1n) is 10.2. The number of benzene rings is 2. The number of nitrogens with zero attached hydrogens (tertiary/aromatic N) is 2. The number of aromatic nitrogens is 1. The Bertz CT molecular complexity index is 1220. The Balaban J connectivity index is 1.52. The molecule has 0 spiro atoms. The molecule has 2 N–H and O–H groups in total. The summed E-state index contributed by atoms with van der Waals surface area (Å²) < 4.78 is 6.32. The molecule has 0 radical (unpaired) electrons. The summed E-state index contributed by atoms with van der Waals surface area (Å²) in [5, 5.41) is 14.5. The zero-order chi connectivity index (χ0) is 22.1. The number of aromatic hydroxyl groups is 1. The van der Waals surface area contributed by atoms with Gasteiger partial charge in [-0.1, -0.05) is 35.5 Å².